The van der Waals surface area contributed by atoms with Gasteiger partial charge >= 0.3 is 6.09 Å². The Morgan fingerprint density at radius 1 is 1.18 bits per heavy atom. The highest BCUT2D eigenvalue weighted by molar-refractivity contribution is 5.91. The van der Waals surface area contributed by atoms with Gasteiger partial charge in [-0.05, 0) is 17.7 Å². The number of carbonyl (C=O) groups is 2. The van der Waals surface area contributed by atoms with Crippen LogP contribution in [-0.2, 0) is 16.1 Å². The van der Waals surface area contributed by atoms with E-state index in [0.717, 1.165) is 5.56 Å². The van der Waals surface area contributed by atoms with Crippen LogP contribution >= 0.6 is 0 Å². The highest BCUT2D eigenvalue weighted by Gasteiger charge is 2.30. The molecule has 0 N–H and O–H groups in total. The van der Waals surface area contributed by atoms with E-state index in [1.807, 2.05) is 30.3 Å². The van der Waals surface area contributed by atoms with Crippen LogP contribution in [0.2, 0.25) is 0 Å². The van der Waals surface area contributed by atoms with Crippen molar-refractivity contribution in [3.05, 3.63) is 60.2 Å². The Hall–Kier alpha value is -2.82. The van der Waals surface area contributed by atoms with Crippen LogP contribution in [0.1, 0.15) is 5.56 Å². The van der Waals surface area contributed by atoms with Crippen molar-refractivity contribution < 1.29 is 19.1 Å². The number of hydrogen-bond donors (Lipinski definition) is 0. The van der Waals surface area contributed by atoms with Crippen LogP contribution in [0.5, 0.6) is 5.75 Å². The molecule has 112 valence electrons. The minimum absolute atomic E-state index is 0.147. The van der Waals surface area contributed by atoms with Gasteiger partial charge in [0.2, 0.25) is 0 Å². The Morgan fingerprint density at radius 3 is 2.68 bits per heavy atom. The third kappa shape index (κ3) is 2.93. The first-order valence-electron chi connectivity index (χ1n) is 6.97. The number of fused-ring (bicyclic) bond motifs is 1. The average Bonchev–Trinajstić information content (AvgIpc) is 2.59. The average molecular weight is 297 g/mol. The summed E-state index contributed by atoms with van der Waals surface area (Å²) < 4.78 is 10.8. The van der Waals surface area contributed by atoms with Crippen LogP contribution in [0.15, 0.2) is 54.6 Å². The van der Waals surface area contributed by atoms with Crippen LogP contribution in [0.25, 0.3) is 0 Å². The number of anilines is 1. The molecular formula is C17H15NO4. The van der Waals surface area contributed by atoms with Gasteiger partial charge < -0.3 is 9.47 Å². The smallest absolute Gasteiger partial charge is 0.414 e. The van der Waals surface area contributed by atoms with E-state index >= 15 is 0 Å². The summed E-state index contributed by atoms with van der Waals surface area (Å²) >= 11 is 0. The summed E-state index contributed by atoms with van der Waals surface area (Å²) in [5, 5.41) is 0. The SMILES string of the molecule is O=CC1CN(C(=O)OCc2ccccc2)c2ccccc2O1. The number of para-hydroxylation sites is 2. The number of ether oxygens (including phenoxy) is 2. The second-order valence-corrected chi connectivity index (χ2v) is 4.91. The maximum absolute atomic E-state index is 12.3. The monoisotopic (exact) mass is 297 g/mol. The Kier molecular flexibility index (Phi) is 4.05. The molecule has 5 nitrogen and oxygen atoms in total. The topological polar surface area (TPSA) is 55.8 Å². The Morgan fingerprint density at radius 2 is 1.91 bits per heavy atom. The molecule has 3 rings (SSSR count). The molecule has 1 aliphatic rings. The number of aldehydes is 1. The van der Waals surface area contributed by atoms with Crippen LogP contribution in [-0.4, -0.2) is 25.0 Å². The molecule has 0 bridgehead atoms. The predicted molar refractivity (Wildman–Crippen MR) is 80.9 cm³/mol. The quantitative estimate of drug-likeness (QED) is 0.817. The van der Waals surface area contributed by atoms with Crippen LogP contribution in [0, 0.1) is 0 Å². The van der Waals surface area contributed by atoms with Crippen molar-refractivity contribution in [2.24, 2.45) is 0 Å². The Balaban J connectivity index is 1.75. The lowest BCUT2D eigenvalue weighted by Gasteiger charge is -2.31. The van der Waals surface area contributed by atoms with Crippen molar-refractivity contribution in [2.75, 3.05) is 11.4 Å². The summed E-state index contributed by atoms with van der Waals surface area (Å²) in [5.74, 6) is 0.502. The molecule has 0 saturated carbocycles. The van der Waals surface area contributed by atoms with E-state index in [2.05, 4.69) is 0 Å². The maximum Gasteiger partial charge on any atom is 0.414 e. The summed E-state index contributed by atoms with van der Waals surface area (Å²) in [5.41, 5.74) is 1.52. The zero-order chi connectivity index (χ0) is 15.4. The molecule has 2 aromatic carbocycles. The molecule has 5 heteroatoms. The van der Waals surface area contributed by atoms with Crippen molar-refractivity contribution in [3.63, 3.8) is 0 Å². The first kappa shape index (κ1) is 14.1. The molecule has 0 aromatic heterocycles. The van der Waals surface area contributed by atoms with Crippen molar-refractivity contribution in [3.8, 4) is 5.75 Å². The second-order valence-electron chi connectivity index (χ2n) is 4.91. The molecule has 1 unspecified atom stereocenters. The number of hydrogen-bond acceptors (Lipinski definition) is 4. The van der Waals surface area contributed by atoms with Gasteiger partial charge in [-0.3, -0.25) is 9.69 Å². The van der Waals surface area contributed by atoms with Gasteiger partial charge in [-0.15, -0.1) is 0 Å². The van der Waals surface area contributed by atoms with Crippen molar-refractivity contribution >= 4 is 18.1 Å². The van der Waals surface area contributed by atoms with Crippen LogP contribution in [0.4, 0.5) is 10.5 Å². The van der Waals surface area contributed by atoms with E-state index in [1.54, 1.807) is 24.3 Å². The standard InChI is InChI=1S/C17H15NO4/c19-11-14-10-18(15-8-4-5-9-16(15)22-14)17(20)21-12-13-6-2-1-3-7-13/h1-9,11,14H,10,12H2. The number of amides is 1. The molecule has 1 aliphatic heterocycles. The third-order valence-corrected chi connectivity index (χ3v) is 3.37. The van der Waals surface area contributed by atoms with Crippen LogP contribution < -0.4 is 9.64 Å². The number of benzene rings is 2. The lowest BCUT2D eigenvalue weighted by atomic mass is 10.2. The van der Waals surface area contributed by atoms with Crippen molar-refractivity contribution in [2.45, 2.75) is 12.7 Å². The third-order valence-electron chi connectivity index (χ3n) is 3.37. The molecule has 1 atom stereocenters. The van der Waals surface area contributed by atoms with Crippen LogP contribution in [0.3, 0.4) is 0 Å². The van der Waals surface area contributed by atoms with Crippen molar-refractivity contribution in [1.82, 2.24) is 0 Å². The van der Waals surface area contributed by atoms with Gasteiger partial charge in [-0.25, -0.2) is 4.79 Å². The maximum atomic E-state index is 12.3. The van der Waals surface area contributed by atoms with E-state index in [1.165, 1.54) is 4.90 Å². The van der Waals surface area contributed by atoms with Gasteiger partial charge in [0, 0.05) is 0 Å². The molecule has 1 amide bonds. The number of rotatable bonds is 3. The Labute approximate surface area is 128 Å². The zero-order valence-electron chi connectivity index (χ0n) is 11.8. The zero-order valence-corrected chi connectivity index (χ0v) is 11.8. The predicted octanol–water partition coefficient (Wildman–Crippen LogP) is 2.79. The van der Waals surface area contributed by atoms with Gasteiger partial charge in [0.25, 0.3) is 0 Å². The van der Waals surface area contributed by atoms with Gasteiger partial charge in [-0.2, -0.15) is 0 Å². The second kappa shape index (κ2) is 6.30. The molecule has 0 aliphatic carbocycles. The highest BCUT2D eigenvalue weighted by atomic mass is 16.6. The van der Waals surface area contributed by atoms with E-state index in [4.69, 9.17) is 9.47 Å². The summed E-state index contributed by atoms with van der Waals surface area (Å²) in [6.07, 6.45) is -0.487. The molecule has 22 heavy (non-hydrogen) atoms. The first-order valence-corrected chi connectivity index (χ1v) is 6.97. The minimum atomic E-state index is -0.681. The summed E-state index contributed by atoms with van der Waals surface area (Å²) in [7, 11) is 0. The number of nitrogens with zero attached hydrogens (tertiary/aromatic N) is 1. The number of carbonyl (C=O) groups excluding carboxylic acids is 2. The fraction of sp³-hybridized carbons (Fsp3) is 0.176. The van der Waals surface area contributed by atoms with E-state index in [-0.39, 0.29) is 13.2 Å². The minimum Gasteiger partial charge on any atom is -0.479 e. The molecule has 0 fully saturated rings. The Bertz CT molecular complexity index is 671. The van der Waals surface area contributed by atoms with E-state index in [0.29, 0.717) is 17.7 Å². The summed E-state index contributed by atoms with van der Waals surface area (Å²) in [4.78, 5) is 24.8. The van der Waals surface area contributed by atoms with E-state index in [9.17, 15) is 9.59 Å². The highest BCUT2D eigenvalue weighted by Crippen LogP contribution is 2.33. The van der Waals surface area contributed by atoms with Gasteiger partial charge in [0.15, 0.2) is 12.4 Å². The molecule has 0 saturated heterocycles. The van der Waals surface area contributed by atoms with Gasteiger partial charge in [0.05, 0.1) is 12.2 Å². The largest absolute Gasteiger partial charge is 0.479 e. The van der Waals surface area contributed by atoms with Crippen molar-refractivity contribution in [1.29, 1.82) is 0 Å². The lowest BCUT2D eigenvalue weighted by molar-refractivity contribution is -0.113. The fourth-order valence-electron chi connectivity index (χ4n) is 2.30. The molecule has 2 aromatic rings. The van der Waals surface area contributed by atoms with Gasteiger partial charge in [0.1, 0.15) is 12.4 Å². The lowest BCUT2D eigenvalue weighted by Crippen LogP contribution is -2.44. The summed E-state index contributed by atoms with van der Waals surface area (Å²) in [6.45, 7) is 0.332. The fourth-order valence-corrected chi connectivity index (χ4v) is 2.30. The first-order chi connectivity index (χ1) is 10.8. The molecule has 0 spiro atoms. The van der Waals surface area contributed by atoms with E-state index < -0.39 is 12.2 Å². The normalized spacial score (nSPS) is 16.4. The molecular weight excluding hydrogens is 282 g/mol. The summed E-state index contributed by atoms with van der Waals surface area (Å²) in [6, 6.07) is 16.5. The molecule has 1 heterocycles. The molecule has 0 radical (unpaired) electrons. The van der Waals surface area contributed by atoms with Gasteiger partial charge in [-0.1, -0.05) is 42.5 Å².